The van der Waals surface area contributed by atoms with Gasteiger partial charge in [-0.1, -0.05) is 6.07 Å². The monoisotopic (exact) mass is 365 g/mol. The molecule has 1 atom stereocenters. The second-order valence-corrected chi connectivity index (χ2v) is 6.68. The molecule has 4 heterocycles. The molecule has 0 bridgehead atoms. The summed E-state index contributed by atoms with van der Waals surface area (Å²) in [7, 11) is 0. The van der Waals surface area contributed by atoms with Crippen molar-refractivity contribution in [2.75, 3.05) is 13.1 Å². The number of imidazole rings is 1. The smallest absolute Gasteiger partial charge is 0.256 e. The highest BCUT2D eigenvalue weighted by atomic mass is 19.1. The molecule has 0 aromatic carbocycles. The maximum atomic E-state index is 13.9. The van der Waals surface area contributed by atoms with Gasteiger partial charge < -0.3 is 9.47 Å². The Morgan fingerprint density at radius 2 is 2.11 bits per heavy atom. The number of piperidine rings is 1. The molecule has 1 fully saturated rings. The van der Waals surface area contributed by atoms with Gasteiger partial charge in [0, 0.05) is 43.8 Å². The fourth-order valence-electron chi connectivity index (χ4n) is 3.57. The van der Waals surface area contributed by atoms with Crippen molar-refractivity contribution in [3.63, 3.8) is 0 Å². The van der Waals surface area contributed by atoms with Crippen molar-refractivity contribution in [3.05, 3.63) is 78.1 Å². The topological polar surface area (TPSA) is 63.9 Å². The molecule has 3 aromatic rings. The number of nitrogens with zero attached hydrogens (tertiary/aromatic N) is 5. The summed E-state index contributed by atoms with van der Waals surface area (Å²) >= 11 is 0. The number of likely N-dealkylation sites (tertiary alicyclic amines) is 1. The number of rotatable bonds is 4. The minimum absolute atomic E-state index is 0.0717. The first-order valence-corrected chi connectivity index (χ1v) is 9.02. The first-order valence-electron chi connectivity index (χ1n) is 9.02. The van der Waals surface area contributed by atoms with Gasteiger partial charge in [0.2, 0.25) is 0 Å². The average molecular weight is 365 g/mol. The zero-order chi connectivity index (χ0) is 18.6. The average Bonchev–Trinajstić information content (AvgIpc) is 3.17. The summed E-state index contributed by atoms with van der Waals surface area (Å²) in [5.74, 6) is 0.184. The lowest BCUT2D eigenvalue weighted by atomic mass is 9.96. The van der Waals surface area contributed by atoms with Crippen LogP contribution in [0.1, 0.15) is 40.6 Å². The van der Waals surface area contributed by atoms with Gasteiger partial charge in [0.1, 0.15) is 5.82 Å². The third-order valence-corrected chi connectivity index (χ3v) is 4.88. The Hall–Kier alpha value is -3.09. The standard InChI is InChI=1S/C20H20FN5O/c21-18-12-22-8-6-17(18)20(27)26-10-3-4-15(13-26)19-24-9-11-25(19)14-16-5-1-2-7-23-16/h1-2,5-9,11-12,15H,3-4,10,13-14H2/t15-/m0/s1. The van der Waals surface area contributed by atoms with Crippen LogP contribution < -0.4 is 0 Å². The fourth-order valence-corrected chi connectivity index (χ4v) is 3.57. The van der Waals surface area contributed by atoms with Crippen molar-refractivity contribution in [3.8, 4) is 0 Å². The summed E-state index contributed by atoms with van der Waals surface area (Å²) in [6.07, 6.45) is 9.82. The van der Waals surface area contributed by atoms with Crippen LogP contribution in [0.5, 0.6) is 0 Å². The van der Waals surface area contributed by atoms with E-state index in [1.165, 1.54) is 12.3 Å². The van der Waals surface area contributed by atoms with Gasteiger partial charge in [0.05, 0.1) is 24.0 Å². The Morgan fingerprint density at radius 1 is 1.19 bits per heavy atom. The van der Waals surface area contributed by atoms with Crippen molar-refractivity contribution < 1.29 is 9.18 Å². The third-order valence-electron chi connectivity index (χ3n) is 4.88. The third kappa shape index (κ3) is 3.72. The van der Waals surface area contributed by atoms with Crippen molar-refractivity contribution in [2.45, 2.75) is 25.3 Å². The number of hydrogen-bond donors (Lipinski definition) is 0. The van der Waals surface area contributed by atoms with E-state index in [2.05, 4.69) is 19.5 Å². The van der Waals surface area contributed by atoms with E-state index in [1.54, 1.807) is 17.3 Å². The zero-order valence-corrected chi connectivity index (χ0v) is 14.8. The van der Waals surface area contributed by atoms with E-state index in [0.29, 0.717) is 19.6 Å². The Morgan fingerprint density at radius 3 is 2.93 bits per heavy atom. The van der Waals surface area contributed by atoms with E-state index in [0.717, 1.165) is 30.6 Å². The van der Waals surface area contributed by atoms with E-state index < -0.39 is 5.82 Å². The molecular formula is C20H20FN5O. The molecule has 1 saturated heterocycles. The van der Waals surface area contributed by atoms with Crippen LogP contribution in [0.15, 0.2) is 55.2 Å². The minimum atomic E-state index is -0.582. The quantitative estimate of drug-likeness (QED) is 0.713. The van der Waals surface area contributed by atoms with Crippen LogP contribution in [0.4, 0.5) is 4.39 Å². The molecule has 0 spiro atoms. The Bertz CT molecular complexity index is 927. The lowest BCUT2D eigenvalue weighted by Crippen LogP contribution is -2.40. The summed E-state index contributed by atoms with van der Waals surface area (Å²) in [5.41, 5.74) is 1.03. The van der Waals surface area contributed by atoms with E-state index >= 15 is 0 Å². The number of carbonyl (C=O) groups is 1. The van der Waals surface area contributed by atoms with Gasteiger partial charge in [-0.25, -0.2) is 9.37 Å². The maximum Gasteiger partial charge on any atom is 0.256 e. The van der Waals surface area contributed by atoms with Gasteiger partial charge in [-0.3, -0.25) is 14.8 Å². The first-order chi connectivity index (χ1) is 13.2. The lowest BCUT2D eigenvalue weighted by Gasteiger charge is -2.32. The highest BCUT2D eigenvalue weighted by molar-refractivity contribution is 5.94. The molecule has 1 aliphatic heterocycles. The summed E-state index contributed by atoms with van der Waals surface area (Å²) < 4.78 is 16.0. The number of pyridine rings is 2. The first kappa shape index (κ1) is 17.3. The van der Waals surface area contributed by atoms with Gasteiger partial charge in [0.25, 0.3) is 5.91 Å². The van der Waals surface area contributed by atoms with Gasteiger partial charge in [0.15, 0.2) is 5.82 Å². The highest BCUT2D eigenvalue weighted by Gasteiger charge is 2.29. The predicted octanol–water partition coefficient (Wildman–Crippen LogP) is 2.88. The molecule has 3 aromatic heterocycles. The molecule has 7 heteroatoms. The number of amides is 1. The van der Waals surface area contributed by atoms with E-state index in [1.807, 2.05) is 24.4 Å². The molecule has 138 valence electrons. The second-order valence-electron chi connectivity index (χ2n) is 6.68. The normalized spacial score (nSPS) is 17.1. The number of halogens is 1. The molecule has 0 radical (unpaired) electrons. The fraction of sp³-hybridized carbons (Fsp3) is 0.300. The van der Waals surface area contributed by atoms with Crippen LogP contribution in [-0.2, 0) is 6.54 Å². The van der Waals surface area contributed by atoms with Crippen LogP contribution in [-0.4, -0.2) is 43.4 Å². The van der Waals surface area contributed by atoms with Gasteiger partial charge in [-0.15, -0.1) is 0 Å². The molecular weight excluding hydrogens is 345 g/mol. The van der Waals surface area contributed by atoms with Crippen LogP contribution in [0, 0.1) is 5.82 Å². The summed E-state index contributed by atoms with van der Waals surface area (Å²) in [6, 6.07) is 7.26. The van der Waals surface area contributed by atoms with Crippen LogP contribution in [0.25, 0.3) is 0 Å². The molecule has 1 amide bonds. The zero-order valence-electron chi connectivity index (χ0n) is 14.8. The summed E-state index contributed by atoms with van der Waals surface area (Å²) in [4.78, 5) is 27.1. The van der Waals surface area contributed by atoms with Crippen molar-refractivity contribution >= 4 is 5.91 Å². The van der Waals surface area contributed by atoms with Crippen molar-refractivity contribution in [2.24, 2.45) is 0 Å². The number of carbonyl (C=O) groups excluding carboxylic acids is 1. The largest absolute Gasteiger partial charge is 0.338 e. The minimum Gasteiger partial charge on any atom is -0.338 e. The van der Waals surface area contributed by atoms with Crippen LogP contribution >= 0.6 is 0 Å². The lowest BCUT2D eigenvalue weighted by molar-refractivity contribution is 0.0698. The Kier molecular flexibility index (Phi) is 4.91. The van der Waals surface area contributed by atoms with Gasteiger partial charge in [-0.05, 0) is 31.0 Å². The van der Waals surface area contributed by atoms with Crippen LogP contribution in [0.2, 0.25) is 0 Å². The summed E-state index contributed by atoms with van der Waals surface area (Å²) in [6.45, 7) is 1.79. The van der Waals surface area contributed by atoms with Crippen LogP contribution in [0.3, 0.4) is 0 Å². The molecule has 27 heavy (non-hydrogen) atoms. The molecule has 6 nitrogen and oxygen atoms in total. The highest BCUT2D eigenvalue weighted by Crippen LogP contribution is 2.27. The van der Waals surface area contributed by atoms with E-state index in [9.17, 15) is 9.18 Å². The number of aromatic nitrogens is 4. The maximum absolute atomic E-state index is 13.9. The number of hydrogen-bond acceptors (Lipinski definition) is 4. The molecule has 4 rings (SSSR count). The van der Waals surface area contributed by atoms with E-state index in [4.69, 9.17) is 0 Å². The summed E-state index contributed by atoms with van der Waals surface area (Å²) in [5, 5.41) is 0. The molecule has 0 N–H and O–H groups in total. The van der Waals surface area contributed by atoms with Gasteiger partial charge in [-0.2, -0.15) is 0 Å². The Balaban J connectivity index is 1.52. The van der Waals surface area contributed by atoms with Crippen molar-refractivity contribution in [1.82, 2.24) is 24.4 Å². The molecule has 0 aliphatic carbocycles. The van der Waals surface area contributed by atoms with Crippen molar-refractivity contribution in [1.29, 1.82) is 0 Å². The predicted molar refractivity (Wildman–Crippen MR) is 97.6 cm³/mol. The second kappa shape index (κ2) is 7.65. The molecule has 1 aliphatic rings. The SMILES string of the molecule is O=C(c1ccncc1F)N1CCC[C@H](c2nccn2Cc2ccccn2)C1. The van der Waals surface area contributed by atoms with E-state index in [-0.39, 0.29) is 17.4 Å². The van der Waals surface area contributed by atoms with Gasteiger partial charge >= 0.3 is 0 Å². The molecule has 0 unspecified atom stereocenters. The molecule has 0 saturated carbocycles. The Labute approximate surface area is 156 Å².